The molecule has 0 amide bonds. The molecule has 0 atom stereocenters. The summed E-state index contributed by atoms with van der Waals surface area (Å²) in [4.78, 5) is 0. The Morgan fingerprint density at radius 3 is 1.91 bits per heavy atom. The van der Waals surface area contributed by atoms with Crippen molar-refractivity contribution in [2.45, 2.75) is 0 Å². The number of hydrogen-bond donors (Lipinski definition) is 4. The lowest BCUT2D eigenvalue weighted by Crippen LogP contribution is -1.99. The van der Waals surface area contributed by atoms with Gasteiger partial charge in [0.2, 0.25) is 0 Å². The molecule has 154 valence electrons. The number of anilines is 5. The summed E-state index contributed by atoms with van der Waals surface area (Å²) in [5.74, 6) is 0. The van der Waals surface area contributed by atoms with Gasteiger partial charge in [-0.15, -0.1) is 0 Å². The Balaban J connectivity index is 1.55. The van der Waals surface area contributed by atoms with Gasteiger partial charge in [-0.2, -0.15) is 0 Å². The SMILES string of the molecule is Nc1ccc2cc3ccc(Nc4c(N)c5ccccc5c5ccccc45)cc3cc2c1N. The van der Waals surface area contributed by atoms with Crippen molar-refractivity contribution < 1.29 is 0 Å². The van der Waals surface area contributed by atoms with Gasteiger partial charge >= 0.3 is 0 Å². The van der Waals surface area contributed by atoms with Gasteiger partial charge in [0, 0.05) is 21.8 Å². The molecule has 0 unspecified atom stereocenters. The van der Waals surface area contributed by atoms with Crippen molar-refractivity contribution >= 4 is 71.5 Å². The molecule has 0 aromatic heterocycles. The molecule has 7 N–H and O–H groups in total. The van der Waals surface area contributed by atoms with E-state index in [4.69, 9.17) is 17.2 Å². The number of nitrogens with two attached hydrogens (primary N) is 3. The van der Waals surface area contributed by atoms with Gasteiger partial charge in [0.1, 0.15) is 0 Å². The Bertz CT molecular complexity index is 1680. The zero-order valence-corrected chi connectivity index (χ0v) is 17.4. The molecule has 4 nitrogen and oxygen atoms in total. The van der Waals surface area contributed by atoms with E-state index in [0.717, 1.165) is 54.8 Å². The van der Waals surface area contributed by atoms with E-state index >= 15 is 0 Å². The first-order chi connectivity index (χ1) is 15.6. The second kappa shape index (κ2) is 6.79. The normalized spacial score (nSPS) is 11.5. The third-order valence-electron chi connectivity index (χ3n) is 6.29. The number of nitrogen functional groups attached to an aromatic ring is 3. The Morgan fingerprint density at radius 2 is 1.12 bits per heavy atom. The highest BCUT2D eigenvalue weighted by Gasteiger charge is 2.12. The zero-order valence-electron chi connectivity index (χ0n) is 17.4. The molecular weight excluding hydrogens is 392 g/mol. The van der Waals surface area contributed by atoms with Crippen LogP contribution in [0.2, 0.25) is 0 Å². The molecule has 0 heterocycles. The molecule has 0 spiro atoms. The average Bonchev–Trinajstić information content (AvgIpc) is 2.83. The second-order valence-corrected chi connectivity index (χ2v) is 8.21. The Labute approximate surface area is 185 Å². The van der Waals surface area contributed by atoms with Gasteiger partial charge in [0.15, 0.2) is 0 Å². The highest BCUT2D eigenvalue weighted by atomic mass is 14.9. The van der Waals surface area contributed by atoms with E-state index in [9.17, 15) is 0 Å². The summed E-state index contributed by atoms with van der Waals surface area (Å²) in [5, 5.41) is 12.3. The minimum absolute atomic E-state index is 0.599. The monoisotopic (exact) mass is 414 g/mol. The number of benzene rings is 6. The van der Waals surface area contributed by atoms with Crippen molar-refractivity contribution in [3.8, 4) is 0 Å². The molecule has 6 aromatic rings. The first kappa shape index (κ1) is 18.3. The summed E-state index contributed by atoms with van der Waals surface area (Å²) in [6.07, 6.45) is 0. The lowest BCUT2D eigenvalue weighted by Gasteiger charge is -2.17. The maximum absolute atomic E-state index is 6.66. The van der Waals surface area contributed by atoms with Gasteiger partial charge in [-0.25, -0.2) is 0 Å². The fourth-order valence-electron chi connectivity index (χ4n) is 4.64. The van der Waals surface area contributed by atoms with Crippen LogP contribution in [0.5, 0.6) is 0 Å². The van der Waals surface area contributed by atoms with Crippen molar-refractivity contribution in [1.29, 1.82) is 0 Å². The van der Waals surface area contributed by atoms with Crippen LogP contribution in [0.25, 0.3) is 43.1 Å². The van der Waals surface area contributed by atoms with Gasteiger partial charge in [0.25, 0.3) is 0 Å². The van der Waals surface area contributed by atoms with Crippen molar-refractivity contribution in [2.24, 2.45) is 0 Å². The van der Waals surface area contributed by atoms with Gasteiger partial charge in [-0.3, -0.25) is 0 Å². The van der Waals surface area contributed by atoms with E-state index in [0.29, 0.717) is 11.4 Å². The molecule has 6 rings (SSSR count). The maximum Gasteiger partial charge on any atom is 0.0704 e. The molecule has 0 fully saturated rings. The van der Waals surface area contributed by atoms with E-state index in [1.807, 2.05) is 30.3 Å². The fraction of sp³-hybridized carbons (Fsp3) is 0. The number of nitrogens with one attached hydrogen (secondary N) is 1. The Hall–Kier alpha value is -4.44. The van der Waals surface area contributed by atoms with Crippen LogP contribution in [-0.4, -0.2) is 0 Å². The number of hydrogen-bond acceptors (Lipinski definition) is 4. The van der Waals surface area contributed by atoms with Crippen LogP contribution in [0, 0.1) is 0 Å². The van der Waals surface area contributed by atoms with Crippen molar-refractivity contribution in [3.63, 3.8) is 0 Å². The summed E-state index contributed by atoms with van der Waals surface area (Å²) in [6.45, 7) is 0. The minimum atomic E-state index is 0.599. The van der Waals surface area contributed by atoms with Gasteiger partial charge in [-0.05, 0) is 57.3 Å². The van der Waals surface area contributed by atoms with Gasteiger partial charge < -0.3 is 22.5 Å². The molecule has 0 aliphatic carbocycles. The molecule has 4 heteroatoms. The average molecular weight is 415 g/mol. The summed E-state index contributed by atoms with van der Waals surface area (Å²) in [7, 11) is 0. The number of fused-ring (bicyclic) bond motifs is 5. The quantitative estimate of drug-likeness (QED) is 0.109. The predicted molar refractivity (Wildman–Crippen MR) is 139 cm³/mol. The minimum Gasteiger partial charge on any atom is -0.397 e. The zero-order chi connectivity index (χ0) is 21.8. The fourth-order valence-corrected chi connectivity index (χ4v) is 4.64. The van der Waals surface area contributed by atoms with E-state index in [1.165, 1.54) is 5.39 Å². The molecule has 0 radical (unpaired) electrons. The summed E-state index contributed by atoms with van der Waals surface area (Å²) in [6, 6.07) is 31.0. The highest BCUT2D eigenvalue weighted by Crippen LogP contribution is 2.40. The van der Waals surface area contributed by atoms with E-state index in [-0.39, 0.29) is 0 Å². The maximum atomic E-state index is 6.66. The van der Waals surface area contributed by atoms with Crippen molar-refractivity contribution in [1.82, 2.24) is 0 Å². The topological polar surface area (TPSA) is 90.1 Å². The van der Waals surface area contributed by atoms with Crippen LogP contribution in [-0.2, 0) is 0 Å². The lowest BCUT2D eigenvalue weighted by atomic mass is 9.98. The van der Waals surface area contributed by atoms with Crippen LogP contribution in [0.1, 0.15) is 0 Å². The third kappa shape index (κ3) is 2.70. The Morgan fingerprint density at radius 1 is 0.469 bits per heavy atom. The predicted octanol–water partition coefficient (Wildman–Crippen LogP) is 6.79. The van der Waals surface area contributed by atoms with E-state index < -0.39 is 0 Å². The number of rotatable bonds is 2. The molecule has 0 aliphatic rings. The lowest BCUT2D eigenvalue weighted by molar-refractivity contribution is 1.61. The van der Waals surface area contributed by atoms with Gasteiger partial charge in [-0.1, -0.05) is 60.7 Å². The first-order valence-electron chi connectivity index (χ1n) is 10.6. The summed E-state index contributed by atoms with van der Waals surface area (Å²) in [5.41, 5.74) is 22.8. The summed E-state index contributed by atoms with van der Waals surface area (Å²) >= 11 is 0. The molecule has 6 aromatic carbocycles. The van der Waals surface area contributed by atoms with Crippen LogP contribution in [0.4, 0.5) is 28.4 Å². The van der Waals surface area contributed by atoms with E-state index in [1.54, 1.807) is 0 Å². The van der Waals surface area contributed by atoms with Crippen molar-refractivity contribution in [3.05, 3.63) is 91.0 Å². The van der Waals surface area contributed by atoms with Crippen molar-refractivity contribution in [2.75, 3.05) is 22.5 Å². The first-order valence-corrected chi connectivity index (χ1v) is 10.6. The van der Waals surface area contributed by atoms with Gasteiger partial charge in [0.05, 0.1) is 22.7 Å². The van der Waals surface area contributed by atoms with E-state index in [2.05, 4.69) is 66.0 Å². The molecule has 0 saturated carbocycles. The van der Waals surface area contributed by atoms with Crippen LogP contribution < -0.4 is 22.5 Å². The highest BCUT2D eigenvalue weighted by molar-refractivity contribution is 6.20. The molecular formula is C28H22N4. The second-order valence-electron chi connectivity index (χ2n) is 8.21. The van der Waals surface area contributed by atoms with Crippen LogP contribution in [0.3, 0.4) is 0 Å². The standard InChI is InChI=1S/C28H22N4/c29-25-12-10-17-13-16-9-11-19(14-18(16)15-24(17)26(25)30)32-28-23-8-4-2-6-21(23)20-5-1-3-7-22(20)27(28)31/h1-15,32H,29-31H2. The third-order valence-corrected chi connectivity index (χ3v) is 6.29. The summed E-state index contributed by atoms with van der Waals surface area (Å²) < 4.78 is 0. The molecule has 0 saturated heterocycles. The molecule has 0 aliphatic heterocycles. The molecule has 0 bridgehead atoms. The Kier molecular flexibility index (Phi) is 3.89. The largest absolute Gasteiger partial charge is 0.397 e. The van der Waals surface area contributed by atoms with Crippen LogP contribution in [0.15, 0.2) is 91.0 Å². The molecule has 32 heavy (non-hydrogen) atoms. The van der Waals surface area contributed by atoms with Crippen LogP contribution >= 0.6 is 0 Å². The smallest absolute Gasteiger partial charge is 0.0704 e.